The van der Waals surface area contributed by atoms with Crippen molar-refractivity contribution in [3.8, 4) is 0 Å². The topological polar surface area (TPSA) is 108 Å². The lowest BCUT2D eigenvalue weighted by atomic mass is 9.98. The van der Waals surface area contributed by atoms with Crippen LogP contribution in [0.5, 0.6) is 0 Å². The number of hydrogen-bond acceptors (Lipinski definition) is 6. The van der Waals surface area contributed by atoms with Crippen molar-refractivity contribution in [2.75, 3.05) is 0 Å². The van der Waals surface area contributed by atoms with Gasteiger partial charge < -0.3 is 9.57 Å². The number of hydroxylamine groups is 1. The normalized spacial score (nSPS) is 11.4. The van der Waals surface area contributed by atoms with Crippen LogP contribution in [0.4, 0.5) is 10.5 Å². The number of benzene rings is 2. The molecule has 0 aromatic heterocycles. The van der Waals surface area contributed by atoms with Gasteiger partial charge in [-0.3, -0.25) is 10.1 Å². The molecule has 0 spiro atoms. The van der Waals surface area contributed by atoms with E-state index >= 15 is 0 Å². The number of non-ortho nitro benzene ring substituents is 1. The predicted octanol–water partition coefficient (Wildman–Crippen LogP) is 3.86. The monoisotopic (exact) mass is 386 g/mol. The van der Waals surface area contributed by atoms with Gasteiger partial charge in [0.1, 0.15) is 6.61 Å². The summed E-state index contributed by atoms with van der Waals surface area (Å²) in [4.78, 5) is 38.7. The van der Waals surface area contributed by atoms with Crippen molar-refractivity contribution in [2.45, 2.75) is 33.3 Å². The third kappa shape index (κ3) is 6.39. The molecular formula is C20H22N2O6. The molecule has 0 bridgehead atoms. The fourth-order valence-electron chi connectivity index (χ4n) is 2.51. The summed E-state index contributed by atoms with van der Waals surface area (Å²) in [6.07, 6.45) is 0.173. The minimum atomic E-state index is -0.851. The van der Waals surface area contributed by atoms with Gasteiger partial charge in [-0.05, 0) is 36.5 Å². The number of aryl methyl sites for hydroxylation is 2. The Hall–Kier alpha value is -3.42. The molecular weight excluding hydrogens is 364 g/mol. The van der Waals surface area contributed by atoms with Crippen molar-refractivity contribution in [2.24, 2.45) is 5.92 Å². The molecule has 0 radical (unpaired) electrons. The number of nitro benzene ring substituents is 1. The van der Waals surface area contributed by atoms with Crippen LogP contribution in [0, 0.1) is 23.0 Å². The number of rotatable bonds is 7. The largest absolute Gasteiger partial charge is 0.443 e. The van der Waals surface area contributed by atoms with Crippen LogP contribution in [-0.4, -0.2) is 17.0 Å². The van der Waals surface area contributed by atoms with Crippen molar-refractivity contribution >= 4 is 17.7 Å². The molecule has 0 saturated heterocycles. The Morgan fingerprint density at radius 3 is 2.54 bits per heavy atom. The van der Waals surface area contributed by atoms with Crippen molar-refractivity contribution < 1.29 is 24.1 Å². The number of amides is 1. The lowest BCUT2D eigenvalue weighted by Gasteiger charge is -2.12. The second-order valence-corrected chi connectivity index (χ2v) is 6.39. The molecule has 1 atom stereocenters. The molecule has 148 valence electrons. The van der Waals surface area contributed by atoms with Gasteiger partial charge in [0.25, 0.3) is 5.69 Å². The third-order valence-corrected chi connectivity index (χ3v) is 4.23. The van der Waals surface area contributed by atoms with Gasteiger partial charge in [0.15, 0.2) is 0 Å². The highest BCUT2D eigenvalue weighted by Crippen LogP contribution is 2.20. The Labute approximate surface area is 162 Å². The number of hydrogen-bond donors (Lipinski definition) is 1. The average molecular weight is 386 g/mol. The predicted molar refractivity (Wildman–Crippen MR) is 101 cm³/mol. The SMILES string of the molecule is Cc1cc([N+](=O)[O-])ccc1CCC(C)C(=O)ONC(=O)OCc1ccccc1. The van der Waals surface area contributed by atoms with Crippen molar-refractivity contribution in [1.29, 1.82) is 0 Å². The van der Waals surface area contributed by atoms with Gasteiger partial charge in [-0.15, -0.1) is 5.48 Å². The van der Waals surface area contributed by atoms with E-state index in [2.05, 4.69) is 0 Å². The summed E-state index contributed by atoms with van der Waals surface area (Å²) in [5.74, 6) is -1.06. The molecule has 1 amide bonds. The van der Waals surface area contributed by atoms with Crippen LogP contribution in [0.3, 0.4) is 0 Å². The van der Waals surface area contributed by atoms with Gasteiger partial charge in [-0.25, -0.2) is 9.59 Å². The smallest absolute Gasteiger partial charge is 0.441 e. The highest BCUT2D eigenvalue weighted by Gasteiger charge is 2.17. The maximum Gasteiger partial charge on any atom is 0.441 e. The first kappa shape index (κ1) is 20.9. The van der Waals surface area contributed by atoms with E-state index in [-0.39, 0.29) is 12.3 Å². The van der Waals surface area contributed by atoms with Crippen LogP contribution < -0.4 is 5.48 Å². The molecule has 2 aromatic carbocycles. The van der Waals surface area contributed by atoms with E-state index in [4.69, 9.17) is 9.57 Å². The molecule has 28 heavy (non-hydrogen) atoms. The Kier molecular flexibility index (Phi) is 7.50. The number of nitro groups is 1. The van der Waals surface area contributed by atoms with Gasteiger partial charge in [0.2, 0.25) is 0 Å². The summed E-state index contributed by atoms with van der Waals surface area (Å²) in [6.45, 7) is 3.54. The quantitative estimate of drug-likeness (QED) is 0.572. The zero-order valence-electron chi connectivity index (χ0n) is 15.7. The van der Waals surface area contributed by atoms with Crippen molar-refractivity contribution in [3.63, 3.8) is 0 Å². The standard InChI is InChI=1S/C20H22N2O6/c1-14(8-9-17-10-11-18(22(25)26)12-15(17)2)19(23)28-21-20(24)27-13-16-6-4-3-5-7-16/h3-7,10-12,14H,8-9,13H2,1-2H3,(H,21,24). The van der Waals surface area contributed by atoms with Crippen LogP contribution in [0.1, 0.15) is 30.0 Å². The molecule has 0 aliphatic rings. The fraction of sp³-hybridized carbons (Fsp3) is 0.300. The van der Waals surface area contributed by atoms with E-state index in [1.165, 1.54) is 12.1 Å². The van der Waals surface area contributed by atoms with Crippen LogP contribution >= 0.6 is 0 Å². The summed E-state index contributed by atoms with van der Waals surface area (Å²) in [7, 11) is 0. The van der Waals surface area contributed by atoms with Gasteiger partial charge in [-0.2, -0.15) is 0 Å². The number of ether oxygens (including phenoxy) is 1. The Bertz CT molecular complexity index is 838. The summed E-state index contributed by atoms with van der Waals surface area (Å²) in [5.41, 5.74) is 4.53. The van der Waals surface area contributed by atoms with E-state index in [1.807, 2.05) is 35.8 Å². The first-order chi connectivity index (χ1) is 13.4. The second kappa shape index (κ2) is 10.1. The van der Waals surface area contributed by atoms with Crippen LogP contribution in [-0.2, 0) is 27.4 Å². The van der Waals surface area contributed by atoms with E-state index < -0.39 is 22.9 Å². The Morgan fingerprint density at radius 1 is 1.18 bits per heavy atom. The first-order valence-electron chi connectivity index (χ1n) is 8.78. The minimum Gasteiger partial charge on any atom is -0.443 e. The Balaban J connectivity index is 1.73. The zero-order chi connectivity index (χ0) is 20.5. The molecule has 2 rings (SSSR count). The number of carbonyl (C=O) groups is 2. The lowest BCUT2D eigenvalue weighted by Crippen LogP contribution is -2.30. The highest BCUT2D eigenvalue weighted by atomic mass is 16.7. The van der Waals surface area contributed by atoms with E-state index in [1.54, 1.807) is 19.9 Å². The van der Waals surface area contributed by atoms with Crippen molar-refractivity contribution in [3.05, 3.63) is 75.3 Å². The molecule has 0 aliphatic heterocycles. The zero-order valence-corrected chi connectivity index (χ0v) is 15.7. The highest BCUT2D eigenvalue weighted by molar-refractivity contribution is 5.74. The minimum absolute atomic E-state index is 0.0342. The molecule has 1 N–H and O–H groups in total. The van der Waals surface area contributed by atoms with Gasteiger partial charge in [0, 0.05) is 12.1 Å². The molecule has 0 fully saturated rings. The van der Waals surface area contributed by atoms with E-state index in [9.17, 15) is 19.7 Å². The van der Waals surface area contributed by atoms with Gasteiger partial charge >= 0.3 is 12.1 Å². The molecule has 1 unspecified atom stereocenters. The lowest BCUT2D eigenvalue weighted by molar-refractivity contribution is -0.384. The molecule has 0 saturated carbocycles. The Morgan fingerprint density at radius 2 is 1.89 bits per heavy atom. The number of carbonyl (C=O) groups excluding carboxylic acids is 2. The van der Waals surface area contributed by atoms with Gasteiger partial charge in [0.05, 0.1) is 10.8 Å². The third-order valence-electron chi connectivity index (χ3n) is 4.23. The molecule has 0 heterocycles. The molecule has 0 aliphatic carbocycles. The van der Waals surface area contributed by atoms with E-state index in [0.717, 1.165) is 16.7 Å². The summed E-state index contributed by atoms with van der Waals surface area (Å²) in [6, 6.07) is 13.7. The van der Waals surface area contributed by atoms with Crippen LogP contribution in [0.15, 0.2) is 48.5 Å². The molecule has 8 heteroatoms. The molecule has 8 nitrogen and oxygen atoms in total. The fourth-order valence-corrected chi connectivity index (χ4v) is 2.51. The summed E-state index contributed by atoms with van der Waals surface area (Å²) >= 11 is 0. The maximum atomic E-state index is 12.0. The summed E-state index contributed by atoms with van der Waals surface area (Å²) in [5, 5.41) is 10.8. The number of nitrogens with zero attached hydrogens (tertiary/aromatic N) is 1. The summed E-state index contributed by atoms with van der Waals surface area (Å²) < 4.78 is 4.95. The van der Waals surface area contributed by atoms with E-state index in [0.29, 0.717) is 12.8 Å². The van der Waals surface area contributed by atoms with Gasteiger partial charge in [-0.1, -0.05) is 43.3 Å². The van der Waals surface area contributed by atoms with Crippen molar-refractivity contribution in [1.82, 2.24) is 5.48 Å². The van der Waals surface area contributed by atoms with Crippen LogP contribution in [0.2, 0.25) is 0 Å². The maximum absolute atomic E-state index is 12.0. The first-order valence-corrected chi connectivity index (χ1v) is 8.78. The number of nitrogens with one attached hydrogen (secondary N) is 1. The average Bonchev–Trinajstić information content (AvgIpc) is 2.69. The molecule has 2 aromatic rings. The van der Waals surface area contributed by atoms with Crippen LogP contribution in [0.25, 0.3) is 0 Å². The second-order valence-electron chi connectivity index (χ2n) is 6.39.